The number of nitrogens with zero attached hydrogens (tertiary/aromatic N) is 2. The van der Waals surface area contributed by atoms with Crippen molar-refractivity contribution in [1.82, 2.24) is 9.47 Å². The number of benzene rings is 1. The van der Waals surface area contributed by atoms with Gasteiger partial charge in [0.15, 0.2) is 0 Å². The van der Waals surface area contributed by atoms with Crippen LogP contribution in [0.4, 0.5) is 0 Å². The lowest BCUT2D eigenvalue weighted by molar-refractivity contribution is -0.142. The number of carbonyl (C=O) groups excluding carboxylic acids is 1. The van der Waals surface area contributed by atoms with Gasteiger partial charge in [-0.2, -0.15) is 0 Å². The molecule has 0 bridgehead atoms. The van der Waals surface area contributed by atoms with Gasteiger partial charge in [0.25, 0.3) is 0 Å². The fraction of sp³-hybridized carbons (Fsp3) is 0.476. The third-order valence-electron chi connectivity index (χ3n) is 5.65. The van der Waals surface area contributed by atoms with E-state index in [1.54, 1.807) is 0 Å². The molecule has 0 saturated carbocycles. The SMILES string of the molecule is O=C(CC1(n2cccc2)CCOCC1)N1CCOC(c2ccccc2)C1. The second-order valence-electron chi connectivity index (χ2n) is 7.21. The van der Waals surface area contributed by atoms with Crippen molar-refractivity contribution in [2.45, 2.75) is 30.9 Å². The molecule has 0 radical (unpaired) electrons. The van der Waals surface area contributed by atoms with Crippen LogP contribution in [0.3, 0.4) is 0 Å². The summed E-state index contributed by atoms with van der Waals surface area (Å²) in [6, 6.07) is 14.2. The minimum absolute atomic E-state index is 0.0360. The van der Waals surface area contributed by atoms with Crippen LogP contribution in [0.5, 0.6) is 0 Å². The van der Waals surface area contributed by atoms with Crippen LogP contribution in [0, 0.1) is 0 Å². The topological polar surface area (TPSA) is 43.7 Å². The molecule has 5 nitrogen and oxygen atoms in total. The summed E-state index contributed by atoms with van der Waals surface area (Å²) in [5.41, 5.74) is 0.968. The van der Waals surface area contributed by atoms with Gasteiger partial charge in [-0.1, -0.05) is 30.3 Å². The van der Waals surface area contributed by atoms with Crippen molar-refractivity contribution in [2.75, 3.05) is 32.9 Å². The van der Waals surface area contributed by atoms with E-state index in [1.165, 1.54) is 0 Å². The largest absolute Gasteiger partial charge is 0.381 e. The van der Waals surface area contributed by atoms with Crippen LogP contribution in [0.2, 0.25) is 0 Å². The number of aromatic nitrogens is 1. The number of hydrogen-bond donors (Lipinski definition) is 0. The molecule has 0 aliphatic carbocycles. The van der Waals surface area contributed by atoms with Crippen LogP contribution in [0.25, 0.3) is 0 Å². The minimum atomic E-state index is -0.167. The smallest absolute Gasteiger partial charge is 0.225 e. The summed E-state index contributed by atoms with van der Waals surface area (Å²) in [7, 11) is 0. The van der Waals surface area contributed by atoms with Crippen molar-refractivity contribution in [2.24, 2.45) is 0 Å². The van der Waals surface area contributed by atoms with Crippen LogP contribution >= 0.6 is 0 Å². The third-order valence-corrected chi connectivity index (χ3v) is 5.65. The lowest BCUT2D eigenvalue weighted by Crippen LogP contribution is -2.48. The Balaban J connectivity index is 1.48. The first-order chi connectivity index (χ1) is 12.8. The fourth-order valence-corrected chi connectivity index (χ4v) is 4.07. The van der Waals surface area contributed by atoms with E-state index in [1.807, 2.05) is 35.2 Å². The van der Waals surface area contributed by atoms with Crippen LogP contribution in [0.15, 0.2) is 54.9 Å². The van der Waals surface area contributed by atoms with Gasteiger partial charge in [0.05, 0.1) is 25.1 Å². The van der Waals surface area contributed by atoms with E-state index in [-0.39, 0.29) is 17.6 Å². The maximum atomic E-state index is 13.2. The van der Waals surface area contributed by atoms with Gasteiger partial charge < -0.3 is 18.9 Å². The zero-order valence-corrected chi connectivity index (χ0v) is 15.0. The molecule has 26 heavy (non-hydrogen) atoms. The predicted octanol–water partition coefficient (Wildman–Crippen LogP) is 2.98. The first-order valence-corrected chi connectivity index (χ1v) is 9.42. The molecule has 2 saturated heterocycles. The molecule has 2 aliphatic rings. The molecular weight excluding hydrogens is 328 g/mol. The predicted molar refractivity (Wildman–Crippen MR) is 98.8 cm³/mol. The van der Waals surface area contributed by atoms with Gasteiger partial charge in [0.2, 0.25) is 5.91 Å². The zero-order chi connectivity index (χ0) is 17.8. The molecule has 4 rings (SSSR count). The number of hydrogen-bond acceptors (Lipinski definition) is 3. The Labute approximate surface area is 154 Å². The molecule has 1 atom stereocenters. The van der Waals surface area contributed by atoms with Crippen molar-refractivity contribution in [3.8, 4) is 0 Å². The van der Waals surface area contributed by atoms with Crippen molar-refractivity contribution in [3.05, 3.63) is 60.4 Å². The molecule has 2 aromatic rings. The molecule has 1 amide bonds. The van der Waals surface area contributed by atoms with E-state index in [4.69, 9.17) is 9.47 Å². The summed E-state index contributed by atoms with van der Waals surface area (Å²) in [4.78, 5) is 15.1. The summed E-state index contributed by atoms with van der Waals surface area (Å²) in [5.74, 6) is 0.213. The number of carbonyl (C=O) groups is 1. The molecule has 0 spiro atoms. The summed E-state index contributed by atoms with van der Waals surface area (Å²) in [6.07, 6.45) is 6.38. The van der Waals surface area contributed by atoms with Gasteiger partial charge in [0, 0.05) is 32.2 Å². The highest BCUT2D eigenvalue weighted by atomic mass is 16.5. The maximum Gasteiger partial charge on any atom is 0.225 e. The van der Waals surface area contributed by atoms with Gasteiger partial charge in [0.1, 0.15) is 6.10 Å². The summed E-state index contributed by atoms with van der Waals surface area (Å²) in [6.45, 7) is 3.30. The summed E-state index contributed by atoms with van der Waals surface area (Å²) in [5, 5.41) is 0. The van der Waals surface area contributed by atoms with Crippen LogP contribution in [-0.4, -0.2) is 48.3 Å². The average molecular weight is 354 g/mol. The number of morpholine rings is 1. The van der Waals surface area contributed by atoms with Crippen molar-refractivity contribution >= 4 is 5.91 Å². The normalized spacial score (nSPS) is 22.9. The molecule has 5 heteroatoms. The van der Waals surface area contributed by atoms with Crippen molar-refractivity contribution in [3.63, 3.8) is 0 Å². The van der Waals surface area contributed by atoms with Gasteiger partial charge in [-0.3, -0.25) is 4.79 Å². The second kappa shape index (κ2) is 7.64. The highest BCUT2D eigenvalue weighted by Gasteiger charge is 2.38. The Bertz CT molecular complexity index is 708. The maximum absolute atomic E-state index is 13.2. The highest BCUT2D eigenvalue weighted by Crippen LogP contribution is 2.34. The molecule has 2 aliphatic heterocycles. The van der Waals surface area contributed by atoms with E-state index in [0.717, 1.165) is 18.4 Å². The number of rotatable bonds is 4. The standard InChI is InChI=1S/C21H26N2O3/c24-20(16-21(8-13-25-14-9-21)23-10-4-5-11-23)22-12-15-26-19(17-22)18-6-2-1-3-7-18/h1-7,10-11,19H,8-9,12-17H2. The fourth-order valence-electron chi connectivity index (χ4n) is 4.07. The van der Waals surface area contributed by atoms with Gasteiger partial charge in [-0.25, -0.2) is 0 Å². The Hall–Kier alpha value is -2.11. The first kappa shape index (κ1) is 17.3. The molecular formula is C21H26N2O3. The van der Waals surface area contributed by atoms with Crippen LogP contribution in [-0.2, 0) is 19.8 Å². The van der Waals surface area contributed by atoms with Crippen LogP contribution in [0.1, 0.15) is 30.9 Å². The molecule has 1 unspecified atom stereocenters. The molecule has 0 N–H and O–H groups in total. The number of ether oxygens (including phenoxy) is 2. The summed E-state index contributed by atoms with van der Waals surface area (Å²) >= 11 is 0. The Morgan fingerprint density at radius 3 is 2.50 bits per heavy atom. The van der Waals surface area contributed by atoms with Crippen molar-refractivity contribution < 1.29 is 14.3 Å². The highest BCUT2D eigenvalue weighted by molar-refractivity contribution is 5.77. The lowest BCUT2D eigenvalue weighted by atomic mass is 9.85. The molecule has 138 valence electrons. The van der Waals surface area contributed by atoms with E-state index in [9.17, 15) is 4.79 Å². The molecule has 2 fully saturated rings. The monoisotopic (exact) mass is 354 g/mol. The minimum Gasteiger partial charge on any atom is -0.381 e. The average Bonchev–Trinajstić information content (AvgIpc) is 3.25. The Kier molecular flexibility index (Phi) is 5.09. The number of amides is 1. The Morgan fingerprint density at radius 1 is 1.04 bits per heavy atom. The Morgan fingerprint density at radius 2 is 1.77 bits per heavy atom. The van der Waals surface area contributed by atoms with E-state index < -0.39 is 0 Å². The zero-order valence-electron chi connectivity index (χ0n) is 15.0. The van der Waals surface area contributed by atoms with Gasteiger partial charge >= 0.3 is 0 Å². The van der Waals surface area contributed by atoms with E-state index in [0.29, 0.717) is 39.3 Å². The summed E-state index contributed by atoms with van der Waals surface area (Å²) < 4.78 is 13.7. The molecule has 3 heterocycles. The van der Waals surface area contributed by atoms with E-state index >= 15 is 0 Å². The first-order valence-electron chi connectivity index (χ1n) is 9.42. The third kappa shape index (κ3) is 3.55. The second-order valence-corrected chi connectivity index (χ2v) is 7.21. The molecule has 1 aromatic carbocycles. The molecule has 1 aromatic heterocycles. The van der Waals surface area contributed by atoms with E-state index in [2.05, 4.69) is 29.1 Å². The lowest BCUT2D eigenvalue weighted by Gasteiger charge is -2.41. The van der Waals surface area contributed by atoms with Gasteiger partial charge in [-0.05, 0) is 30.5 Å². The van der Waals surface area contributed by atoms with Crippen LogP contribution < -0.4 is 0 Å². The quantitative estimate of drug-likeness (QED) is 0.848. The van der Waals surface area contributed by atoms with Gasteiger partial charge in [-0.15, -0.1) is 0 Å². The van der Waals surface area contributed by atoms with Crippen molar-refractivity contribution in [1.29, 1.82) is 0 Å².